The molecule has 0 bridgehead atoms. The number of ether oxygens (including phenoxy) is 1. The van der Waals surface area contributed by atoms with Crippen LogP contribution >= 0.6 is 46.4 Å². The molecule has 0 radical (unpaired) electrons. The van der Waals surface area contributed by atoms with Gasteiger partial charge in [-0.05, 0) is 61.4 Å². The third-order valence-corrected chi connectivity index (χ3v) is 3.34. The molecule has 0 unspecified atom stereocenters. The molecule has 0 N–H and O–H groups in total. The van der Waals surface area contributed by atoms with Crippen LogP contribution < -0.4 is 0 Å². The summed E-state index contributed by atoms with van der Waals surface area (Å²) in [4.78, 5) is 0. The van der Waals surface area contributed by atoms with Crippen molar-refractivity contribution >= 4 is 46.4 Å². The van der Waals surface area contributed by atoms with Crippen molar-refractivity contribution in [1.29, 1.82) is 0 Å². The molecule has 0 fully saturated rings. The smallest absolute Gasteiger partial charge is 0.0437 e. The maximum atomic E-state index is 5.93. The Balaban J connectivity index is 0.000000383. The third kappa shape index (κ3) is 6.90. The second-order valence-electron chi connectivity index (χ2n) is 4.10. The van der Waals surface area contributed by atoms with Crippen LogP contribution in [0.2, 0.25) is 20.1 Å². The maximum absolute atomic E-state index is 5.93. The fourth-order valence-electron chi connectivity index (χ4n) is 1.65. The number of benzene rings is 2. The lowest BCUT2D eigenvalue weighted by molar-refractivity contribution is 0.162. The lowest BCUT2D eigenvalue weighted by Crippen LogP contribution is -1.84. The summed E-state index contributed by atoms with van der Waals surface area (Å²) in [6.45, 7) is 5.67. The highest BCUT2D eigenvalue weighted by Crippen LogP contribution is 2.31. The predicted molar refractivity (Wildman–Crippen MR) is 94.1 cm³/mol. The summed E-state index contributed by atoms with van der Waals surface area (Å²) in [5.74, 6) is 0. The van der Waals surface area contributed by atoms with Crippen LogP contribution in [-0.2, 0) is 4.74 Å². The van der Waals surface area contributed by atoms with Gasteiger partial charge in [0.05, 0.1) is 0 Å². The SMILES string of the molecule is CCOCC.Clc1cc(Cl)cc(-c2cc(Cl)cc(Cl)c2)c1. The molecule has 0 atom stereocenters. The van der Waals surface area contributed by atoms with E-state index in [1.165, 1.54) is 0 Å². The van der Waals surface area contributed by atoms with Crippen LogP contribution in [0, 0.1) is 0 Å². The number of hydrogen-bond donors (Lipinski definition) is 0. The normalized spacial score (nSPS) is 10.0. The van der Waals surface area contributed by atoms with Gasteiger partial charge in [-0.2, -0.15) is 0 Å². The van der Waals surface area contributed by atoms with Gasteiger partial charge in [-0.3, -0.25) is 0 Å². The monoisotopic (exact) mass is 364 g/mol. The third-order valence-electron chi connectivity index (χ3n) is 2.47. The van der Waals surface area contributed by atoms with Gasteiger partial charge in [-0.1, -0.05) is 46.4 Å². The van der Waals surface area contributed by atoms with Gasteiger partial charge in [-0.15, -0.1) is 0 Å². The second kappa shape index (κ2) is 9.55. The summed E-state index contributed by atoms with van der Waals surface area (Å²) >= 11 is 23.7. The standard InChI is InChI=1S/C12H6Cl4.C4H10O/c13-9-1-7(2-10(14)5-9)8-3-11(15)6-12(16)4-8;1-3-5-4-2/h1-6H;3-4H2,1-2H3. The van der Waals surface area contributed by atoms with E-state index in [2.05, 4.69) is 0 Å². The summed E-state index contributed by atoms with van der Waals surface area (Å²) in [5, 5.41) is 2.33. The van der Waals surface area contributed by atoms with E-state index in [-0.39, 0.29) is 0 Å². The van der Waals surface area contributed by atoms with Crippen LogP contribution in [0.4, 0.5) is 0 Å². The molecule has 1 nitrogen and oxygen atoms in total. The van der Waals surface area contributed by atoms with E-state index in [9.17, 15) is 0 Å². The molecular formula is C16H16Cl4O. The zero-order valence-electron chi connectivity index (χ0n) is 11.8. The largest absolute Gasteiger partial charge is 0.382 e. The first-order valence-corrected chi connectivity index (χ1v) is 7.97. The first-order chi connectivity index (χ1) is 9.96. The number of halogens is 4. The molecule has 0 aliphatic carbocycles. The zero-order valence-corrected chi connectivity index (χ0v) is 14.8. The fourth-order valence-corrected chi connectivity index (χ4v) is 2.70. The van der Waals surface area contributed by atoms with Crippen molar-refractivity contribution in [3.63, 3.8) is 0 Å². The van der Waals surface area contributed by atoms with E-state index in [0.29, 0.717) is 20.1 Å². The highest BCUT2D eigenvalue weighted by Gasteiger charge is 2.04. The van der Waals surface area contributed by atoms with Crippen LogP contribution in [0.3, 0.4) is 0 Å². The molecule has 0 amide bonds. The van der Waals surface area contributed by atoms with Crippen molar-refractivity contribution < 1.29 is 4.74 Å². The van der Waals surface area contributed by atoms with E-state index in [0.717, 1.165) is 24.3 Å². The van der Waals surface area contributed by atoms with E-state index >= 15 is 0 Å². The number of hydrogen-bond acceptors (Lipinski definition) is 1. The highest BCUT2D eigenvalue weighted by molar-refractivity contribution is 6.36. The molecule has 114 valence electrons. The predicted octanol–water partition coefficient (Wildman–Crippen LogP) is 7.01. The molecule has 2 aromatic carbocycles. The van der Waals surface area contributed by atoms with Crippen molar-refractivity contribution in [2.45, 2.75) is 13.8 Å². The van der Waals surface area contributed by atoms with Gasteiger partial charge in [0, 0.05) is 33.3 Å². The van der Waals surface area contributed by atoms with Crippen LogP contribution in [0.25, 0.3) is 11.1 Å². The van der Waals surface area contributed by atoms with Gasteiger partial charge < -0.3 is 4.74 Å². The molecule has 0 aliphatic heterocycles. The summed E-state index contributed by atoms with van der Waals surface area (Å²) < 4.78 is 4.83. The zero-order chi connectivity index (χ0) is 15.8. The van der Waals surface area contributed by atoms with Gasteiger partial charge in [-0.25, -0.2) is 0 Å². The quantitative estimate of drug-likeness (QED) is 0.568. The van der Waals surface area contributed by atoms with Gasteiger partial charge in [0.25, 0.3) is 0 Å². The average molecular weight is 366 g/mol. The van der Waals surface area contributed by atoms with Crippen molar-refractivity contribution in [1.82, 2.24) is 0 Å². The molecule has 0 saturated carbocycles. The van der Waals surface area contributed by atoms with Crippen molar-refractivity contribution in [2.75, 3.05) is 13.2 Å². The topological polar surface area (TPSA) is 9.23 Å². The molecule has 2 rings (SSSR count). The summed E-state index contributed by atoms with van der Waals surface area (Å²) in [6.07, 6.45) is 0. The lowest BCUT2D eigenvalue weighted by atomic mass is 10.1. The summed E-state index contributed by atoms with van der Waals surface area (Å²) in [5.41, 5.74) is 1.78. The van der Waals surface area contributed by atoms with Crippen LogP contribution in [0.1, 0.15) is 13.8 Å². The Morgan fingerprint density at radius 2 is 0.905 bits per heavy atom. The molecule has 5 heteroatoms. The Morgan fingerprint density at radius 3 is 1.10 bits per heavy atom. The van der Waals surface area contributed by atoms with E-state index < -0.39 is 0 Å². The van der Waals surface area contributed by atoms with Crippen LogP contribution in [0.15, 0.2) is 36.4 Å². The van der Waals surface area contributed by atoms with Crippen molar-refractivity contribution in [3.8, 4) is 11.1 Å². The fraction of sp³-hybridized carbons (Fsp3) is 0.250. The summed E-state index contributed by atoms with van der Waals surface area (Å²) in [7, 11) is 0. The van der Waals surface area contributed by atoms with Gasteiger partial charge in [0.1, 0.15) is 0 Å². The maximum Gasteiger partial charge on any atom is 0.0437 e. The minimum absolute atomic E-state index is 0.582. The molecule has 0 aliphatic rings. The van der Waals surface area contributed by atoms with Crippen LogP contribution in [-0.4, -0.2) is 13.2 Å². The lowest BCUT2D eigenvalue weighted by Gasteiger charge is -2.05. The van der Waals surface area contributed by atoms with E-state index in [1.807, 2.05) is 38.1 Å². The average Bonchev–Trinajstić information content (AvgIpc) is 2.38. The number of rotatable bonds is 3. The Kier molecular flexibility index (Phi) is 8.46. The van der Waals surface area contributed by atoms with Gasteiger partial charge in [0.2, 0.25) is 0 Å². The molecule has 0 spiro atoms. The Labute approximate surface area is 145 Å². The minimum Gasteiger partial charge on any atom is -0.382 e. The first kappa shape index (κ1) is 18.6. The van der Waals surface area contributed by atoms with Gasteiger partial charge >= 0.3 is 0 Å². The highest BCUT2D eigenvalue weighted by atomic mass is 35.5. The molecular weight excluding hydrogens is 350 g/mol. The van der Waals surface area contributed by atoms with E-state index in [4.69, 9.17) is 51.1 Å². The second-order valence-corrected chi connectivity index (χ2v) is 5.84. The molecule has 0 aromatic heterocycles. The minimum atomic E-state index is 0.582. The van der Waals surface area contributed by atoms with Gasteiger partial charge in [0.15, 0.2) is 0 Å². The Hall–Kier alpha value is -0.440. The Morgan fingerprint density at radius 1 is 0.619 bits per heavy atom. The van der Waals surface area contributed by atoms with E-state index in [1.54, 1.807) is 12.1 Å². The first-order valence-electron chi connectivity index (χ1n) is 6.46. The molecule has 2 aromatic rings. The van der Waals surface area contributed by atoms with Crippen molar-refractivity contribution in [2.24, 2.45) is 0 Å². The Bertz CT molecular complexity index is 492. The molecule has 0 heterocycles. The molecule has 0 saturated heterocycles. The molecule has 21 heavy (non-hydrogen) atoms. The van der Waals surface area contributed by atoms with Crippen LogP contribution in [0.5, 0.6) is 0 Å². The summed E-state index contributed by atoms with van der Waals surface area (Å²) in [6, 6.07) is 10.6. The van der Waals surface area contributed by atoms with Crippen molar-refractivity contribution in [3.05, 3.63) is 56.5 Å².